The Labute approximate surface area is 97.0 Å². The molecule has 0 aliphatic carbocycles. The van der Waals surface area contributed by atoms with Gasteiger partial charge in [-0.1, -0.05) is 6.07 Å². The zero-order valence-corrected chi connectivity index (χ0v) is 9.55. The highest BCUT2D eigenvalue weighted by molar-refractivity contribution is 7.99. The first kappa shape index (κ1) is 11.4. The van der Waals surface area contributed by atoms with E-state index in [4.69, 9.17) is 5.11 Å². The van der Waals surface area contributed by atoms with Gasteiger partial charge in [0.15, 0.2) is 0 Å². The maximum atomic E-state index is 12.9. The number of halogens is 1. The van der Waals surface area contributed by atoms with Gasteiger partial charge >= 0.3 is 5.97 Å². The molecule has 1 heterocycles. The Hall–Kier alpha value is -1.07. The quantitative estimate of drug-likeness (QED) is 0.830. The van der Waals surface area contributed by atoms with Gasteiger partial charge in [0.05, 0.1) is 5.37 Å². The first-order valence-corrected chi connectivity index (χ1v) is 5.99. The van der Waals surface area contributed by atoms with E-state index in [9.17, 15) is 9.18 Å². The molecule has 0 bridgehead atoms. The maximum absolute atomic E-state index is 12.9. The van der Waals surface area contributed by atoms with Crippen molar-refractivity contribution in [2.45, 2.75) is 18.3 Å². The largest absolute Gasteiger partial charge is 0.480 e. The van der Waals surface area contributed by atoms with Crippen molar-refractivity contribution in [3.63, 3.8) is 0 Å². The predicted octanol–water partition coefficient (Wildman–Crippen LogP) is 1.92. The number of carbonyl (C=O) groups is 1. The maximum Gasteiger partial charge on any atom is 0.321 e. The van der Waals surface area contributed by atoms with E-state index in [0.29, 0.717) is 5.75 Å². The molecule has 1 fully saturated rings. The molecule has 1 aliphatic heterocycles. The minimum Gasteiger partial charge on any atom is -0.480 e. The summed E-state index contributed by atoms with van der Waals surface area (Å²) in [6.07, 6.45) is 0. The van der Waals surface area contributed by atoms with Crippen LogP contribution in [0.15, 0.2) is 18.2 Å². The van der Waals surface area contributed by atoms with Crippen molar-refractivity contribution < 1.29 is 14.3 Å². The summed E-state index contributed by atoms with van der Waals surface area (Å²) in [7, 11) is 0. The van der Waals surface area contributed by atoms with Gasteiger partial charge in [0.25, 0.3) is 0 Å². The second-order valence-corrected chi connectivity index (χ2v) is 4.91. The molecular formula is C11H12FNO2S. The summed E-state index contributed by atoms with van der Waals surface area (Å²) < 4.78 is 12.9. The Bertz CT molecular complexity index is 424. The third kappa shape index (κ3) is 2.20. The van der Waals surface area contributed by atoms with Crippen LogP contribution in [0.25, 0.3) is 0 Å². The summed E-state index contributed by atoms with van der Waals surface area (Å²) in [5.74, 6) is -0.564. The number of aliphatic carboxylic acids is 1. The molecule has 1 aromatic carbocycles. The van der Waals surface area contributed by atoms with Gasteiger partial charge in [-0.3, -0.25) is 10.1 Å². The molecule has 16 heavy (non-hydrogen) atoms. The highest BCUT2D eigenvalue weighted by atomic mass is 32.2. The summed E-state index contributed by atoms with van der Waals surface area (Å²) in [6, 6.07) is 4.06. The van der Waals surface area contributed by atoms with Crippen LogP contribution in [-0.2, 0) is 4.79 Å². The van der Waals surface area contributed by atoms with Crippen LogP contribution >= 0.6 is 11.8 Å². The average Bonchev–Trinajstić information content (AvgIpc) is 2.66. The van der Waals surface area contributed by atoms with Crippen LogP contribution in [0.2, 0.25) is 0 Å². The topological polar surface area (TPSA) is 49.3 Å². The van der Waals surface area contributed by atoms with Crippen LogP contribution in [0.1, 0.15) is 16.5 Å². The smallest absolute Gasteiger partial charge is 0.321 e. The van der Waals surface area contributed by atoms with Gasteiger partial charge < -0.3 is 5.11 Å². The Kier molecular flexibility index (Phi) is 3.16. The van der Waals surface area contributed by atoms with Crippen LogP contribution in [0.4, 0.5) is 4.39 Å². The van der Waals surface area contributed by atoms with Crippen molar-refractivity contribution in [3.8, 4) is 0 Å². The van der Waals surface area contributed by atoms with Gasteiger partial charge in [0.1, 0.15) is 11.9 Å². The predicted molar refractivity (Wildman–Crippen MR) is 60.9 cm³/mol. The summed E-state index contributed by atoms with van der Waals surface area (Å²) >= 11 is 1.54. The molecule has 5 heteroatoms. The number of aryl methyl sites for hydroxylation is 1. The molecule has 0 amide bonds. The Morgan fingerprint density at radius 3 is 2.94 bits per heavy atom. The van der Waals surface area contributed by atoms with E-state index in [-0.39, 0.29) is 11.2 Å². The van der Waals surface area contributed by atoms with Gasteiger partial charge in [-0.05, 0) is 30.2 Å². The van der Waals surface area contributed by atoms with E-state index in [1.54, 1.807) is 6.07 Å². The van der Waals surface area contributed by atoms with Crippen LogP contribution in [-0.4, -0.2) is 22.9 Å². The lowest BCUT2D eigenvalue weighted by atomic mass is 10.1. The van der Waals surface area contributed by atoms with Gasteiger partial charge in [-0.25, -0.2) is 4.39 Å². The lowest BCUT2D eigenvalue weighted by Gasteiger charge is -2.13. The van der Waals surface area contributed by atoms with E-state index < -0.39 is 12.0 Å². The van der Waals surface area contributed by atoms with E-state index in [1.165, 1.54) is 23.9 Å². The third-order valence-corrected chi connectivity index (χ3v) is 3.84. The second kappa shape index (κ2) is 4.43. The van der Waals surface area contributed by atoms with Crippen molar-refractivity contribution in [1.29, 1.82) is 0 Å². The third-order valence-electron chi connectivity index (χ3n) is 2.59. The van der Waals surface area contributed by atoms with E-state index in [2.05, 4.69) is 5.32 Å². The second-order valence-electron chi connectivity index (χ2n) is 3.77. The molecule has 1 aliphatic rings. The number of carboxylic acids is 1. The molecule has 2 N–H and O–H groups in total. The van der Waals surface area contributed by atoms with Crippen LogP contribution in [0, 0.1) is 12.7 Å². The lowest BCUT2D eigenvalue weighted by Crippen LogP contribution is -2.33. The molecule has 2 rings (SSSR count). The van der Waals surface area contributed by atoms with Crippen molar-refractivity contribution in [3.05, 3.63) is 35.1 Å². The van der Waals surface area contributed by atoms with Gasteiger partial charge in [-0.15, -0.1) is 11.8 Å². The molecule has 2 unspecified atom stereocenters. The number of benzene rings is 1. The molecule has 0 saturated carbocycles. The minimum atomic E-state index is -0.838. The van der Waals surface area contributed by atoms with Crippen LogP contribution in [0.3, 0.4) is 0 Å². The Morgan fingerprint density at radius 2 is 2.38 bits per heavy atom. The highest BCUT2D eigenvalue weighted by Gasteiger charge is 2.30. The number of hydrogen-bond donors (Lipinski definition) is 2. The fourth-order valence-electron chi connectivity index (χ4n) is 1.73. The van der Waals surface area contributed by atoms with E-state index in [0.717, 1.165) is 11.1 Å². The zero-order valence-electron chi connectivity index (χ0n) is 8.74. The number of nitrogens with one attached hydrogen (secondary N) is 1. The van der Waals surface area contributed by atoms with Crippen molar-refractivity contribution in [2.75, 3.05) is 5.75 Å². The number of hydrogen-bond acceptors (Lipinski definition) is 3. The van der Waals surface area contributed by atoms with Gasteiger partial charge in [-0.2, -0.15) is 0 Å². The zero-order chi connectivity index (χ0) is 11.7. The summed E-state index contributed by atoms with van der Waals surface area (Å²) in [5, 5.41) is 11.8. The molecule has 86 valence electrons. The molecule has 2 atom stereocenters. The molecule has 1 saturated heterocycles. The fraction of sp³-hybridized carbons (Fsp3) is 0.364. The minimum absolute atomic E-state index is 0.0540. The SMILES string of the molecule is Cc1cc(F)ccc1C1NC(C(=O)O)CS1. The first-order chi connectivity index (χ1) is 7.58. The summed E-state index contributed by atoms with van der Waals surface area (Å²) in [4.78, 5) is 10.8. The lowest BCUT2D eigenvalue weighted by molar-refractivity contribution is -0.138. The number of rotatable bonds is 2. The summed E-state index contributed by atoms with van der Waals surface area (Å²) in [6.45, 7) is 1.83. The fourth-order valence-corrected chi connectivity index (χ4v) is 3.06. The standard InChI is InChI=1S/C11H12FNO2S/c1-6-4-7(12)2-3-8(6)10-13-9(5-16-10)11(14)15/h2-4,9-10,13H,5H2,1H3,(H,14,15). The summed E-state index contributed by atoms with van der Waals surface area (Å²) in [5.41, 5.74) is 1.80. The molecule has 1 aromatic rings. The van der Waals surface area contributed by atoms with E-state index >= 15 is 0 Å². The average molecular weight is 241 g/mol. The molecule has 0 spiro atoms. The van der Waals surface area contributed by atoms with E-state index in [1.807, 2.05) is 6.92 Å². The molecule has 0 radical (unpaired) electrons. The van der Waals surface area contributed by atoms with Gasteiger partial charge in [0.2, 0.25) is 0 Å². The number of thioether (sulfide) groups is 1. The Balaban J connectivity index is 2.17. The molecular weight excluding hydrogens is 229 g/mol. The monoisotopic (exact) mass is 241 g/mol. The van der Waals surface area contributed by atoms with Crippen molar-refractivity contribution >= 4 is 17.7 Å². The van der Waals surface area contributed by atoms with Crippen molar-refractivity contribution in [2.24, 2.45) is 0 Å². The van der Waals surface area contributed by atoms with Crippen LogP contribution < -0.4 is 5.32 Å². The highest BCUT2D eigenvalue weighted by Crippen LogP contribution is 2.34. The molecule has 3 nitrogen and oxygen atoms in total. The number of carboxylic acid groups (broad SMARTS) is 1. The van der Waals surface area contributed by atoms with Crippen LogP contribution in [0.5, 0.6) is 0 Å². The molecule has 0 aromatic heterocycles. The first-order valence-electron chi connectivity index (χ1n) is 4.94. The normalized spacial score (nSPS) is 24.6. The van der Waals surface area contributed by atoms with Crippen molar-refractivity contribution in [1.82, 2.24) is 5.32 Å². The Morgan fingerprint density at radius 1 is 1.62 bits per heavy atom. The van der Waals surface area contributed by atoms with Gasteiger partial charge in [0, 0.05) is 5.75 Å².